The van der Waals surface area contributed by atoms with Crippen LogP contribution in [0.5, 0.6) is 0 Å². The fourth-order valence-electron chi connectivity index (χ4n) is 1.53. The zero-order valence-electron chi connectivity index (χ0n) is 11.4. The third kappa shape index (κ3) is 4.82. The van der Waals surface area contributed by atoms with Gasteiger partial charge in [0.25, 0.3) is 0 Å². The smallest absolute Gasteiger partial charge is 0.314 e. The van der Waals surface area contributed by atoms with Crippen molar-refractivity contribution in [1.29, 1.82) is 0 Å². The molecule has 0 saturated carbocycles. The summed E-state index contributed by atoms with van der Waals surface area (Å²) < 4.78 is 0. The van der Waals surface area contributed by atoms with Gasteiger partial charge in [0.2, 0.25) is 5.91 Å². The van der Waals surface area contributed by atoms with Crippen LogP contribution in [-0.2, 0) is 11.3 Å². The minimum absolute atomic E-state index is 0.00590. The Morgan fingerprint density at radius 3 is 2.53 bits per heavy atom. The van der Waals surface area contributed by atoms with Crippen molar-refractivity contribution in [3.05, 3.63) is 29.8 Å². The van der Waals surface area contributed by atoms with E-state index >= 15 is 0 Å². The highest BCUT2D eigenvalue weighted by Crippen LogP contribution is 2.16. The largest absolute Gasteiger partial charge is 0.351 e. The molecule has 0 aromatic heterocycles. The molecule has 0 unspecified atom stereocenters. The van der Waals surface area contributed by atoms with Gasteiger partial charge in [0, 0.05) is 25.5 Å². The molecule has 0 fully saturated rings. The number of thioether (sulfide) groups is 1. The highest BCUT2D eigenvalue weighted by atomic mass is 32.2. The first-order valence-electron chi connectivity index (χ1n) is 5.81. The summed E-state index contributed by atoms with van der Waals surface area (Å²) >= 11 is 1.66. The Morgan fingerprint density at radius 2 is 1.95 bits per heavy atom. The van der Waals surface area contributed by atoms with Crippen molar-refractivity contribution >= 4 is 23.7 Å². The van der Waals surface area contributed by atoms with Crippen LogP contribution < -0.4 is 5.73 Å². The van der Waals surface area contributed by atoms with Gasteiger partial charge in [0.05, 0.1) is 0 Å². The molecule has 0 heterocycles. The Kier molecular flexibility index (Phi) is 5.69. The lowest BCUT2D eigenvalue weighted by Crippen LogP contribution is -2.41. The van der Waals surface area contributed by atoms with E-state index in [1.165, 1.54) is 11.9 Å². The van der Waals surface area contributed by atoms with E-state index in [1.807, 2.05) is 30.5 Å². The molecule has 1 rings (SSSR count). The van der Waals surface area contributed by atoms with Crippen LogP contribution in [0.2, 0.25) is 0 Å². The summed E-state index contributed by atoms with van der Waals surface area (Å²) in [5.74, 6) is -0.143. The number of primary amides is 1. The lowest BCUT2D eigenvalue weighted by molar-refractivity contribution is -0.130. The topological polar surface area (TPSA) is 66.6 Å². The van der Waals surface area contributed by atoms with Crippen molar-refractivity contribution in [1.82, 2.24) is 9.80 Å². The maximum atomic E-state index is 11.9. The zero-order chi connectivity index (χ0) is 14.4. The molecule has 6 heteroatoms. The van der Waals surface area contributed by atoms with Crippen molar-refractivity contribution < 1.29 is 9.59 Å². The van der Waals surface area contributed by atoms with Gasteiger partial charge < -0.3 is 15.5 Å². The van der Waals surface area contributed by atoms with Crippen LogP contribution in [0.15, 0.2) is 29.2 Å². The Hall–Kier alpha value is -1.69. The van der Waals surface area contributed by atoms with Crippen molar-refractivity contribution in [2.24, 2.45) is 5.73 Å². The van der Waals surface area contributed by atoms with Crippen molar-refractivity contribution in [3.63, 3.8) is 0 Å². The van der Waals surface area contributed by atoms with Gasteiger partial charge in [-0.3, -0.25) is 4.79 Å². The predicted molar refractivity (Wildman–Crippen MR) is 76.9 cm³/mol. The molecule has 2 N–H and O–H groups in total. The maximum absolute atomic E-state index is 11.9. The number of nitrogens with zero attached hydrogens (tertiary/aromatic N) is 2. The molecule has 0 atom stereocenters. The van der Waals surface area contributed by atoms with Crippen LogP contribution >= 0.6 is 11.8 Å². The summed E-state index contributed by atoms with van der Waals surface area (Å²) in [4.78, 5) is 26.7. The summed E-state index contributed by atoms with van der Waals surface area (Å²) in [6, 6.07) is 7.41. The average Bonchev–Trinajstić information content (AvgIpc) is 2.38. The number of nitrogens with two attached hydrogens (primary N) is 1. The van der Waals surface area contributed by atoms with Gasteiger partial charge in [0.1, 0.15) is 6.54 Å². The molecule has 1 aromatic carbocycles. The lowest BCUT2D eigenvalue weighted by Gasteiger charge is -2.21. The van der Waals surface area contributed by atoms with E-state index in [-0.39, 0.29) is 12.5 Å². The normalized spacial score (nSPS) is 10.1. The minimum atomic E-state index is -0.605. The third-order valence-electron chi connectivity index (χ3n) is 2.73. The number of likely N-dealkylation sites (N-methyl/N-ethyl adjacent to an activating group) is 2. The van der Waals surface area contributed by atoms with E-state index in [0.29, 0.717) is 6.54 Å². The van der Waals surface area contributed by atoms with E-state index in [4.69, 9.17) is 5.73 Å². The number of hydrogen-bond acceptors (Lipinski definition) is 3. The number of rotatable bonds is 5. The van der Waals surface area contributed by atoms with Crippen molar-refractivity contribution in [2.75, 3.05) is 26.9 Å². The first kappa shape index (κ1) is 15.4. The van der Waals surface area contributed by atoms with Crippen LogP contribution in [0.1, 0.15) is 5.56 Å². The molecule has 0 aliphatic rings. The van der Waals surface area contributed by atoms with Crippen molar-refractivity contribution in [3.8, 4) is 0 Å². The highest BCUT2D eigenvalue weighted by Gasteiger charge is 2.14. The van der Waals surface area contributed by atoms with E-state index < -0.39 is 6.03 Å². The molecule has 0 radical (unpaired) electrons. The number of urea groups is 1. The summed E-state index contributed by atoms with van der Waals surface area (Å²) in [7, 11) is 3.21. The number of benzene rings is 1. The Balaban J connectivity index is 2.60. The fourth-order valence-corrected chi connectivity index (χ4v) is 2.02. The lowest BCUT2D eigenvalue weighted by atomic mass is 10.2. The molecule has 1 aromatic rings. The molecule has 5 nitrogen and oxygen atoms in total. The molecule has 0 spiro atoms. The number of hydrogen-bond donors (Lipinski definition) is 1. The molecule has 0 aliphatic heterocycles. The fraction of sp³-hybridized carbons (Fsp3) is 0.385. The first-order valence-corrected chi connectivity index (χ1v) is 7.04. The van der Waals surface area contributed by atoms with Gasteiger partial charge in [-0.15, -0.1) is 11.8 Å². The number of carbonyl (C=O) groups excluding carboxylic acids is 2. The molecule has 0 aliphatic carbocycles. The third-order valence-corrected chi connectivity index (χ3v) is 3.45. The van der Waals surface area contributed by atoms with E-state index in [2.05, 4.69) is 0 Å². The van der Waals surface area contributed by atoms with Gasteiger partial charge in [-0.2, -0.15) is 0 Å². The number of amides is 3. The predicted octanol–water partition coefficient (Wildman–Crippen LogP) is 1.38. The molecule has 0 bridgehead atoms. The van der Waals surface area contributed by atoms with Gasteiger partial charge in [-0.25, -0.2) is 4.79 Å². The monoisotopic (exact) mass is 281 g/mol. The molecule has 19 heavy (non-hydrogen) atoms. The highest BCUT2D eigenvalue weighted by molar-refractivity contribution is 7.98. The van der Waals surface area contributed by atoms with Crippen LogP contribution in [0.25, 0.3) is 0 Å². The second-order valence-electron chi connectivity index (χ2n) is 4.30. The summed E-state index contributed by atoms with van der Waals surface area (Å²) in [6.07, 6.45) is 2.01. The van der Waals surface area contributed by atoms with Crippen LogP contribution in [-0.4, -0.2) is 48.6 Å². The van der Waals surface area contributed by atoms with Gasteiger partial charge in [-0.05, 0) is 24.0 Å². The van der Waals surface area contributed by atoms with E-state index in [9.17, 15) is 9.59 Å². The van der Waals surface area contributed by atoms with E-state index in [0.717, 1.165) is 10.5 Å². The molecular formula is C13H19N3O2S. The second-order valence-corrected chi connectivity index (χ2v) is 5.18. The molecular weight excluding hydrogens is 262 g/mol. The summed E-state index contributed by atoms with van der Waals surface area (Å²) in [6.45, 7) is 0.508. The minimum Gasteiger partial charge on any atom is -0.351 e. The van der Waals surface area contributed by atoms with Crippen LogP contribution in [0.4, 0.5) is 4.79 Å². The molecule has 0 saturated heterocycles. The molecule has 3 amide bonds. The van der Waals surface area contributed by atoms with Gasteiger partial charge in [-0.1, -0.05) is 12.1 Å². The standard InChI is InChI=1S/C13H19N3O2S/c1-15(12(17)9-16(2)13(14)18)8-10-5-4-6-11(7-10)19-3/h4-7H,8-9H2,1-3H3,(H2,14,18). The zero-order valence-corrected chi connectivity index (χ0v) is 12.2. The van der Waals surface area contributed by atoms with E-state index in [1.54, 1.807) is 23.7 Å². The summed E-state index contributed by atoms with van der Waals surface area (Å²) in [5, 5.41) is 0. The second kappa shape index (κ2) is 7.04. The maximum Gasteiger partial charge on any atom is 0.314 e. The Morgan fingerprint density at radius 1 is 1.26 bits per heavy atom. The summed E-state index contributed by atoms with van der Waals surface area (Å²) in [5.41, 5.74) is 6.15. The van der Waals surface area contributed by atoms with Crippen LogP contribution in [0.3, 0.4) is 0 Å². The Labute approximate surface area is 117 Å². The first-order chi connectivity index (χ1) is 8.93. The Bertz CT molecular complexity index is 465. The average molecular weight is 281 g/mol. The number of carbonyl (C=O) groups is 2. The van der Waals surface area contributed by atoms with Crippen molar-refractivity contribution in [2.45, 2.75) is 11.4 Å². The molecule has 104 valence electrons. The van der Waals surface area contributed by atoms with Crippen LogP contribution in [0, 0.1) is 0 Å². The quantitative estimate of drug-likeness (QED) is 0.829. The van der Waals surface area contributed by atoms with Gasteiger partial charge in [0.15, 0.2) is 0 Å². The van der Waals surface area contributed by atoms with Gasteiger partial charge >= 0.3 is 6.03 Å². The SMILES string of the molecule is CSc1cccc(CN(C)C(=O)CN(C)C(N)=O)c1.